The summed E-state index contributed by atoms with van der Waals surface area (Å²) in [6, 6.07) is 8.42. The summed E-state index contributed by atoms with van der Waals surface area (Å²) in [5.74, 6) is 0. The Morgan fingerprint density at radius 1 is 1.39 bits per heavy atom. The molecule has 0 saturated heterocycles. The summed E-state index contributed by atoms with van der Waals surface area (Å²) in [6.07, 6.45) is 0.829. The van der Waals surface area contributed by atoms with E-state index in [4.69, 9.17) is 9.84 Å². The first-order chi connectivity index (χ1) is 8.77. The summed E-state index contributed by atoms with van der Waals surface area (Å²) in [6.45, 7) is 4.86. The number of aliphatic hydroxyl groups is 1. The van der Waals surface area contributed by atoms with Gasteiger partial charge in [-0.1, -0.05) is 25.1 Å². The highest BCUT2D eigenvalue weighted by molar-refractivity contribution is 8.00. The van der Waals surface area contributed by atoms with Gasteiger partial charge < -0.3 is 15.2 Å². The lowest BCUT2D eigenvalue weighted by atomic mass is 10.2. The summed E-state index contributed by atoms with van der Waals surface area (Å²) in [7, 11) is 1.71. The molecule has 102 valence electrons. The number of hydrogen-bond acceptors (Lipinski definition) is 4. The Bertz CT molecular complexity index is 333. The molecule has 0 spiro atoms. The van der Waals surface area contributed by atoms with Crippen LogP contribution in [0.2, 0.25) is 0 Å². The van der Waals surface area contributed by atoms with E-state index in [0.717, 1.165) is 26.1 Å². The SMILES string of the molecule is COCCNCc1ccccc1SC(C)CCO. The van der Waals surface area contributed by atoms with E-state index in [2.05, 4.69) is 36.5 Å². The molecule has 0 aliphatic heterocycles. The Morgan fingerprint density at radius 2 is 2.17 bits per heavy atom. The van der Waals surface area contributed by atoms with Gasteiger partial charge >= 0.3 is 0 Å². The molecular weight excluding hydrogens is 246 g/mol. The van der Waals surface area contributed by atoms with Crippen LogP contribution in [0.25, 0.3) is 0 Å². The molecule has 0 heterocycles. The molecule has 3 nitrogen and oxygen atoms in total. The molecule has 18 heavy (non-hydrogen) atoms. The van der Waals surface area contributed by atoms with Crippen LogP contribution in [-0.2, 0) is 11.3 Å². The van der Waals surface area contributed by atoms with Crippen molar-refractivity contribution in [2.75, 3.05) is 26.9 Å². The lowest BCUT2D eigenvalue weighted by molar-refractivity contribution is 0.199. The molecule has 4 heteroatoms. The molecule has 2 N–H and O–H groups in total. The number of benzene rings is 1. The van der Waals surface area contributed by atoms with Crippen molar-refractivity contribution in [1.29, 1.82) is 0 Å². The average Bonchev–Trinajstić information content (AvgIpc) is 2.37. The number of thioether (sulfide) groups is 1. The van der Waals surface area contributed by atoms with Crippen LogP contribution in [0, 0.1) is 0 Å². The normalized spacial score (nSPS) is 12.6. The lowest BCUT2D eigenvalue weighted by Gasteiger charge is -2.14. The minimum Gasteiger partial charge on any atom is -0.396 e. The first kappa shape index (κ1) is 15.5. The first-order valence-electron chi connectivity index (χ1n) is 6.33. The average molecular weight is 269 g/mol. The highest BCUT2D eigenvalue weighted by Crippen LogP contribution is 2.28. The Morgan fingerprint density at radius 3 is 2.89 bits per heavy atom. The number of rotatable bonds is 9. The van der Waals surface area contributed by atoms with Gasteiger partial charge in [0, 0.05) is 37.0 Å². The van der Waals surface area contributed by atoms with Crippen molar-refractivity contribution in [3.05, 3.63) is 29.8 Å². The molecule has 1 unspecified atom stereocenters. The fourth-order valence-electron chi connectivity index (χ4n) is 1.62. The second kappa shape index (κ2) is 9.39. The Labute approximate surface area is 114 Å². The molecule has 0 amide bonds. The van der Waals surface area contributed by atoms with Gasteiger partial charge in [0.15, 0.2) is 0 Å². The van der Waals surface area contributed by atoms with Crippen LogP contribution in [0.5, 0.6) is 0 Å². The topological polar surface area (TPSA) is 41.5 Å². The van der Waals surface area contributed by atoms with Gasteiger partial charge in [-0.2, -0.15) is 0 Å². The maximum atomic E-state index is 8.94. The van der Waals surface area contributed by atoms with E-state index in [-0.39, 0.29) is 6.61 Å². The third-order valence-corrected chi connectivity index (χ3v) is 3.93. The van der Waals surface area contributed by atoms with Gasteiger partial charge in [-0.25, -0.2) is 0 Å². The summed E-state index contributed by atoms with van der Waals surface area (Å²) in [5, 5.41) is 12.7. The molecule has 0 saturated carbocycles. The summed E-state index contributed by atoms with van der Waals surface area (Å²) in [5.41, 5.74) is 1.31. The molecule has 1 atom stereocenters. The Balaban J connectivity index is 2.50. The fraction of sp³-hybridized carbons (Fsp3) is 0.571. The second-order valence-corrected chi connectivity index (χ2v) is 5.70. The number of ether oxygens (including phenoxy) is 1. The van der Waals surface area contributed by atoms with Gasteiger partial charge in [0.05, 0.1) is 6.61 Å². The molecule has 0 aliphatic carbocycles. The fourth-order valence-corrected chi connectivity index (χ4v) is 2.73. The van der Waals surface area contributed by atoms with Crippen molar-refractivity contribution in [2.45, 2.75) is 30.0 Å². The van der Waals surface area contributed by atoms with Gasteiger partial charge in [-0.3, -0.25) is 0 Å². The highest BCUT2D eigenvalue weighted by atomic mass is 32.2. The number of nitrogens with one attached hydrogen (secondary N) is 1. The summed E-state index contributed by atoms with van der Waals surface area (Å²) >= 11 is 1.83. The van der Waals surface area contributed by atoms with Crippen LogP contribution in [-0.4, -0.2) is 37.2 Å². The van der Waals surface area contributed by atoms with Crippen molar-refractivity contribution in [1.82, 2.24) is 5.32 Å². The van der Waals surface area contributed by atoms with Crippen LogP contribution in [0.4, 0.5) is 0 Å². The zero-order chi connectivity index (χ0) is 13.2. The van der Waals surface area contributed by atoms with Gasteiger partial charge in [-0.15, -0.1) is 11.8 Å². The van der Waals surface area contributed by atoms with E-state index >= 15 is 0 Å². The Kier molecular flexibility index (Phi) is 8.09. The van der Waals surface area contributed by atoms with Gasteiger partial charge in [0.25, 0.3) is 0 Å². The number of hydrogen-bond donors (Lipinski definition) is 2. The monoisotopic (exact) mass is 269 g/mol. The smallest absolute Gasteiger partial charge is 0.0587 e. The summed E-state index contributed by atoms with van der Waals surface area (Å²) < 4.78 is 5.01. The highest BCUT2D eigenvalue weighted by Gasteiger charge is 2.07. The van der Waals surface area contributed by atoms with Crippen LogP contribution in [0.15, 0.2) is 29.2 Å². The molecule has 1 aromatic rings. The minimum atomic E-state index is 0.252. The maximum absolute atomic E-state index is 8.94. The predicted molar refractivity (Wildman–Crippen MR) is 77.0 cm³/mol. The van der Waals surface area contributed by atoms with Gasteiger partial charge in [0.2, 0.25) is 0 Å². The van der Waals surface area contributed by atoms with E-state index in [0.29, 0.717) is 5.25 Å². The van der Waals surface area contributed by atoms with Crippen molar-refractivity contribution in [2.24, 2.45) is 0 Å². The van der Waals surface area contributed by atoms with E-state index in [1.54, 1.807) is 7.11 Å². The van der Waals surface area contributed by atoms with Crippen LogP contribution < -0.4 is 5.32 Å². The molecule has 0 bridgehead atoms. The van der Waals surface area contributed by atoms with Crippen molar-refractivity contribution in [3.63, 3.8) is 0 Å². The van der Waals surface area contributed by atoms with Crippen LogP contribution in [0.3, 0.4) is 0 Å². The van der Waals surface area contributed by atoms with Crippen molar-refractivity contribution >= 4 is 11.8 Å². The lowest BCUT2D eigenvalue weighted by Crippen LogP contribution is -2.19. The molecule has 0 aromatic heterocycles. The van der Waals surface area contributed by atoms with E-state index in [1.807, 2.05) is 11.8 Å². The van der Waals surface area contributed by atoms with E-state index in [9.17, 15) is 0 Å². The van der Waals surface area contributed by atoms with Crippen molar-refractivity contribution < 1.29 is 9.84 Å². The van der Waals surface area contributed by atoms with E-state index in [1.165, 1.54) is 10.5 Å². The molecule has 1 rings (SSSR count). The Hall–Kier alpha value is -0.550. The summed E-state index contributed by atoms with van der Waals surface area (Å²) in [4.78, 5) is 1.29. The van der Waals surface area contributed by atoms with Crippen molar-refractivity contribution in [3.8, 4) is 0 Å². The number of aliphatic hydroxyl groups excluding tert-OH is 1. The predicted octanol–water partition coefficient (Wildman–Crippen LogP) is 2.29. The zero-order valence-corrected chi connectivity index (χ0v) is 12.0. The zero-order valence-electron chi connectivity index (χ0n) is 11.2. The number of methoxy groups -OCH3 is 1. The molecular formula is C14H23NO2S. The standard InChI is InChI=1S/C14H23NO2S/c1-12(7-9-16)18-14-6-4-3-5-13(14)11-15-8-10-17-2/h3-6,12,15-16H,7-11H2,1-2H3. The minimum absolute atomic E-state index is 0.252. The molecule has 1 aromatic carbocycles. The third-order valence-electron chi connectivity index (χ3n) is 2.63. The quantitative estimate of drug-likeness (QED) is 0.533. The second-order valence-electron chi connectivity index (χ2n) is 4.22. The third kappa shape index (κ3) is 5.87. The maximum Gasteiger partial charge on any atom is 0.0587 e. The molecule has 0 fully saturated rings. The van der Waals surface area contributed by atoms with Crippen LogP contribution >= 0.6 is 11.8 Å². The first-order valence-corrected chi connectivity index (χ1v) is 7.21. The van der Waals surface area contributed by atoms with Gasteiger partial charge in [-0.05, 0) is 18.1 Å². The van der Waals surface area contributed by atoms with E-state index < -0.39 is 0 Å². The molecule has 0 radical (unpaired) electrons. The largest absolute Gasteiger partial charge is 0.396 e. The van der Waals surface area contributed by atoms with Crippen LogP contribution in [0.1, 0.15) is 18.9 Å². The van der Waals surface area contributed by atoms with Gasteiger partial charge in [0.1, 0.15) is 0 Å². The molecule has 0 aliphatic rings.